The zero-order valence-electron chi connectivity index (χ0n) is 9.08. The van der Waals surface area contributed by atoms with Crippen LogP contribution in [0.5, 0.6) is 0 Å². The number of likely N-dealkylation sites (tertiary alicyclic amines) is 1. The van der Waals surface area contributed by atoms with Gasteiger partial charge in [0.15, 0.2) is 0 Å². The molecule has 0 radical (unpaired) electrons. The van der Waals surface area contributed by atoms with E-state index in [-0.39, 0.29) is 6.61 Å². The highest BCUT2D eigenvalue weighted by Gasteiger charge is 2.07. The van der Waals surface area contributed by atoms with E-state index >= 15 is 0 Å². The summed E-state index contributed by atoms with van der Waals surface area (Å²) in [5.41, 5.74) is 0. The zero-order valence-corrected chi connectivity index (χ0v) is 9.08. The van der Waals surface area contributed by atoms with E-state index in [2.05, 4.69) is 4.90 Å². The molecular weight excluding hydrogens is 178 g/mol. The van der Waals surface area contributed by atoms with Crippen molar-refractivity contribution in [2.24, 2.45) is 0 Å². The minimum absolute atomic E-state index is 0.143. The fraction of sp³-hybridized carbons (Fsp3) is 1.00. The Morgan fingerprint density at radius 2 is 1.71 bits per heavy atom. The molecule has 84 valence electrons. The van der Waals surface area contributed by atoms with Gasteiger partial charge in [-0.2, -0.15) is 0 Å². The number of rotatable bonds is 6. The van der Waals surface area contributed by atoms with Gasteiger partial charge in [0, 0.05) is 13.2 Å². The predicted molar refractivity (Wildman–Crippen MR) is 57.4 cm³/mol. The monoisotopic (exact) mass is 201 g/mol. The van der Waals surface area contributed by atoms with Crippen molar-refractivity contribution in [1.82, 2.24) is 4.90 Å². The molecule has 14 heavy (non-hydrogen) atoms. The Labute approximate surface area is 87.1 Å². The molecule has 1 N–H and O–H groups in total. The first-order valence-electron chi connectivity index (χ1n) is 5.84. The highest BCUT2D eigenvalue weighted by Crippen LogP contribution is 2.09. The highest BCUT2D eigenvalue weighted by molar-refractivity contribution is 4.62. The van der Waals surface area contributed by atoms with Gasteiger partial charge in [-0.3, -0.25) is 0 Å². The smallest absolute Gasteiger partial charge is 0.0697 e. The third-order valence-corrected chi connectivity index (χ3v) is 2.70. The summed E-state index contributed by atoms with van der Waals surface area (Å²) in [4.78, 5) is 2.54. The molecule has 1 fully saturated rings. The molecule has 1 aliphatic heterocycles. The summed E-state index contributed by atoms with van der Waals surface area (Å²) in [5, 5.41) is 8.52. The molecule has 0 aliphatic carbocycles. The molecule has 0 bridgehead atoms. The van der Waals surface area contributed by atoms with E-state index < -0.39 is 0 Å². The van der Waals surface area contributed by atoms with Crippen molar-refractivity contribution in [2.45, 2.75) is 32.1 Å². The lowest BCUT2D eigenvalue weighted by Gasteiger charge is -2.19. The van der Waals surface area contributed by atoms with Gasteiger partial charge in [-0.25, -0.2) is 0 Å². The summed E-state index contributed by atoms with van der Waals surface area (Å²) >= 11 is 0. The largest absolute Gasteiger partial charge is 0.394 e. The summed E-state index contributed by atoms with van der Waals surface area (Å²) in [6.45, 7) is 5.10. The molecule has 1 heterocycles. The lowest BCUT2D eigenvalue weighted by atomic mass is 10.2. The molecule has 1 aliphatic rings. The summed E-state index contributed by atoms with van der Waals surface area (Å²) in [6, 6.07) is 0. The van der Waals surface area contributed by atoms with E-state index in [9.17, 15) is 0 Å². The van der Waals surface area contributed by atoms with E-state index in [1.54, 1.807) is 0 Å². The number of aliphatic hydroxyl groups excluding tert-OH is 1. The summed E-state index contributed by atoms with van der Waals surface area (Å²) in [5.74, 6) is 0. The van der Waals surface area contributed by atoms with Crippen LogP contribution in [0, 0.1) is 0 Å². The van der Waals surface area contributed by atoms with Crippen LogP contribution in [0.3, 0.4) is 0 Å². The van der Waals surface area contributed by atoms with E-state index in [1.807, 2.05) is 0 Å². The van der Waals surface area contributed by atoms with Crippen LogP contribution in [0.1, 0.15) is 32.1 Å². The molecule has 0 aromatic rings. The van der Waals surface area contributed by atoms with Crippen molar-refractivity contribution >= 4 is 0 Å². The molecule has 0 aromatic carbocycles. The lowest BCUT2D eigenvalue weighted by Crippen LogP contribution is -2.26. The quantitative estimate of drug-likeness (QED) is 0.657. The predicted octanol–water partition coefficient (Wildman–Crippen LogP) is 1.26. The van der Waals surface area contributed by atoms with E-state index in [4.69, 9.17) is 9.84 Å². The fourth-order valence-electron chi connectivity index (χ4n) is 1.92. The third-order valence-electron chi connectivity index (χ3n) is 2.70. The van der Waals surface area contributed by atoms with Crippen molar-refractivity contribution in [3.05, 3.63) is 0 Å². The van der Waals surface area contributed by atoms with Crippen molar-refractivity contribution in [1.29, 1.82) is 0 Å². The number of nitrogens with zero attached hydrogens (tertiary/aromatic N) is 1. The van der Waals surface area contributed by atoms with Crippen LogP contribution in [0.4, 0.5) is 0 Å². The van der Waals surface area contributed by atoms with Gasteiger partial charge in [0.1, 0.15) is 0 Å². The minimum atomic E-state index is 0.143. The van der Waals surface area contributed by atoms with Gasteiger partial charge in [0.05, 0.1) is 13.2 Å². The normalized spacial score (nSPS) is 19.5. The maximum Gasteiger partial charge on any atom is 0.0697 e. The molecule has 0 amide bonds. The van der Waals surface area contributed by atoms with Gasteiger partial charge < -0.3 is 14.7 Å². The van der Waals surface area contributed by atoms with Gasteiger partial charge in [-0.05, 0) is 32.4 Å². The average molecular weight is 201 g/mol. The molecule has 1 saturated heterocycles. The van der Waals surface area contributed by atoms with Gasteiger partial charge in [-0.15, -0.1) is 0 Å². The topological polar surface area (TPSA) is 32.7 Å². The van der Waals surface area contributed by atoms with Crippen molar-refractivity contribution in [3.63, 3.8) is 0 Å². The molecule has 3 nitrogen and oxygen atoms in total. The van der Waals surface area contributed by atoms with Crippen molar-refractivity contribution in [2.75, 3.05) is 39.5 Å². The number of hydrogen-bond acceptors (Lipinski definition) is 3. The van der Waals surface area contributed by atoms with Crippen LogP contribution in [0.15, 0.2) is 0 Å². The van der Waals surface area contributed by atoms with Gasteiger partial charge >= 0.3 is 0 Å². The third kappa shape index (κ3) is 5.58. The average Bonchev–Trinajstić information content (AvgIpc) is 2.46. The fourth-order valence-corrected chi connectivity index (χ4v) is 1.92. The van der Waals surface area contributed by atoms with Gasteiger partial charge in [0.2, 0.25) is 0 Å². The Bertz CT molecular complexity index is 122. The van der Waals surface area contributed by atoms with Gasteiger partial charge in [0.25, 0.3) is 0 Å². The van der Waals surface area contributed by atoms with Crippen LogP contribution in [0.2, 0.25) is 0 Å². The molecule has 0 unspecified atom stereocenters. The Morgan fingerprint density at radius 3 is 2.36 bits per heavy atom. The Hall–Kier alpha value is -0.120. The standard InChI is InChI=1S/C11H23NO2/c13-9-11-14-10-5-8-12-6-3-1-2-4-7-12/h13H,1-11H2. The van der Waals surface area contributed by atoms with E-state index in [1.165, 1.54) is 38.8 Å². The second-order valence-electron chi connectivity index (χ2n) is 3.95. The van der Waals surface area contributed by atoms with Crippen LogP contribution in [0.25, 0.3) is 0 Å². The molecular formula is C11H23NO2. The minimum Gasteiger partial charge on any atom is -0.394 e. The first-order valence-corrected chi connectivity index (χ1v) is 5.84. The second kappa shape index (κ2) is 8.21. The summed E-state index contributed by atoms with van der Waals surface area (Å²) < 4.78 is 5.23. The number of hydrogen-bond donors (Lipinski definition) is 1. The maximum atomic E-state index is 8.52. The lowest BCUT2D eigenvalue weighted by molar-refractivity contribution is 0.0848. The molecule has 3 heteroatoms. The van der Waals surface area contributed by atoms with E-state index in [0.29, 0.717) is 6.61 Å². The van der Waals surface area contributed by atoms with Crippen molar-refractivity contribution < 1.29 is 9.84 Å². The maximum absolute atomic E-state index is 8.52. The molecule has 0 saturated carbocycles. The molecule has 0 aromatic heterocycles. The summed E-state index contributed by atoms with van der Waals surface area (Å²) in [7, 11) is 0. The van der Waals surface area contributed by atoms with Gasteiger partial charge in [-0.1, -0.05) is 12.8 Å². The van der Waals surface area contributed by atoms with Crippen LogP contribution < -0.4 is 0 Å². The van der Waals surface area contributed by atoms with Crippen LogP contribution in [-0.2, 0) is 4.74 Å². The second-order valence-corrected chi connectivity index (χ2v) is 3.95. The first kappa shape index (κ1) is 12.0. The Kier molecular flexibility index (Phi) is 7.01. The first-order chi connectivity index (χ1) is 6.93. The molecule has 1 rings (SSSR count). The molecule has 0 spiro atoms. The van der Waals surface area contributed by atoms with Crippen LogP contribution in [-0.4, -0.2) is 49.5 Å². The number of aliphatic hydroxyl groups is 1. The molecule has 0 atom stereocenters. The van der Waals surface area contributed by atoms with E-state index in [0.717, 1.165) is 19.6 Å². The van der Waals surface area contributed by atoms with Crippen LogP contribution >= 0.6 is 0 Å². The zero-order chi connectivity index (χ0) is 10.1. The Balaban J connectivity index is 1.93. The SMILES string of the molecule is OCCOCCCN1CCCCCC1. The Morgan fingerprint density at radius 1 is 1.00 bits per heavy atom. The number of ether oxygens (including phenoxy) is 1. The summed E-state index contributed by atoms with van der Waals surface area (Å²) in [6.07, 6.45) is 6.62. The van der Waals surface area contributed by atoms with Crippen molar-refractivity contribution in [3.8, 4) is 0 Å². The highest BCUT2D eigenvalue weighted by atomic mass is 16.5.